The van der Waals surface area contributed by atoms with E-state index in [-0.39, 0.29) is 12.5 Å². The molecule has 1 unspecified atom stereocenters. The predicted molar refractivity (Wildman–Crippen MR) is 91.1 cm³/mol. The number of likely N-dealkylation sites (tertiary alicyclic amines) is 1. The summed E-state index contributed by atoms with van der Waals surface area (Å²) in [7, 11) is 0. The van der Waals surface area contributed by atoms with E-state index in [1.54, 1.807) is 4.90 Å². The van der Waals surface area contributed by atoms with Crippen LogP contribution in [0.2, 0.25) is 5.02 Å². The number of carbonyl (C=O) groups is 2. The Bertz CT molecular complexity index is 771. The number of carboxylic acids is 1. The first-order valence-corrected chi connectivity index (χ1v) is 8.53. The van der Waals surface area contributed by atoms with Gasteiger partial charge in [0, 0.05) is 23.0 Å². The first kappa shape index (κ1) is 16.0. The summed E-state index contributed by atoms with van der Waals surface area (Å²) >= 11 is 7.47. The zero-order valence-corrected chi connectivity index (χ0v) is 14.2. The zero-order chi connectivity index (χ0) is 16.6. The molecule has 120 valence electrons. The van der Waals surface area contributed by atoms with Gasteiger partial charge in [0.25, 0.3) is 5.91 Å². The number of hydrogen-bond donors (Lipinski definition) is 1. The van der Waals surface area contributed by atoms with Crippen LogP contribution in [-0.2, 0) is 4.79 Å². The number of carboxylic acid groups (broad SMARTS) is 1. The normalized spacial score (nSPS) is 17.5. The van der Waals surface area contributed by atoms with Gasteiger partial charge in [-0.1, -0.05) is 23.7 Å². The minimum absolute atomic E-state index is 0.0878. The van der Waals surface area contributed by atoms with Crippen LogP contribution in [-0.4, -0.2) is 35.0 Å². The maximum Gasteiger partial charge on any atom is 0.308 e. The fourth-order valence-electron chi connectivity index (χ4n) is 2.81. The largest absolute Gasteiger partial charge is 0.481 e. The molecule has 0 radical (unpaired) electrons. The molecule has 0 bridgehead atoms. The van der Waals surface area contributed by atoms with Gasteiger partial charge in [-0.3, -0.25) is 9.59 Å². The Kier molecular flexibility index (Phi) is 4.41. The molecule has 0 saturated carbocycles. The van der Waals surface area contributed by atoms with E-state index in [4.69, 9.17) is 16.7 Å². The summed E-state index contributed by atoms with van der Waals surface area (Å²) in [5.74, 6) is -1.37. The zero-order valence-electron chi connectivity index (χ0n) is 12.6. The lowest BCUT2D eigenvalue weighted by molar-refractivity contribution is -0.141. The van der Waals surface area contributed by atoms with E-state index in [1.165, 1.54) is 11.3 Å². The van der Waals surface area contributed by atoms with E-state index >= 15 is 0 Å². The van der Waals surface area contributed by atoms with Crippen LogP contribution in [0.15, 0.2) is 30.3 Å². The quantitative estimate of drug-likeness (QED) is 0.913. The summed E-state index contributed by atoms with van der Waals surface area (Å²) in [6, 6.07) is 9.42. The molecule has 23 heavy (non-hydrogen) atoms. The molecular formula is C17H16ClNO3S. The lowest BCUT2D eigenvalue weighted by atomic mass is 10.1. The van der Waals surface area contributed by atoms with Gasteiger partial charge in [0.2, 0.25) is 0 Å². The first-order chi connectivity index (χ1) is 11.0. The van der Waals surface area contributed by atoms with Gasteiger partial charge in [-0.05, 0) is 42.7 Å². The Hall–Kier alpha value is -1.85. The summed E-state index contributed by atoms with van der Waals surface area (Å²) in [4.78, 5) is 26.9. The minimum atomic E-state index is -0.831. The molecule has 1 N–H and O–H groups in total. The van der Waals surface area contributed by atoms with Gasteiger partial charge in [-0.25, -0.2) is 0 Å². The summed E-state index contributed by atoms with van der Waals surface area (Å²) in [5, 5.41) is 9.72. The monoisotopic (exact) mass is 349 g/mol. The SMILES string of the molecule is Cc1cc(C(=O)N2CCC(C(=O)O)C2)sc1-c1cccc(Cl)c1. The summed E-state index contributed by atoms with van der Waals surface area (Å²) in [5.41, 5.74) is 2.01. The number of aryl methyl sites for hydroxylation is 1. The summed E-state index contributed by atoms with van der Waals surface area (Å²) < 4.78 is 0. The van der Waals surface area contributed by atoms with E-state index in [0.717, 1.165) is 16.0 Å². The lowest BCUT2D eigenvalue weighted by Crippen LogP contribution is -2.29. The van der Waals surface area contributed by atoms with Crippen LogP contribution >= 0.6 is 22.9 Å². The summed E-state index contributed by atoms with van der Waals surface area (Å²) in [6.45, 7) is 2.75. The van der Waals surface area contributed by atoms with Crippen molar-refractivity contribution in [3.05, 3.63) is 45.8 Å². The molecule has 1 fully saturated rings. The molecule has 0 spiro atoms. The highest BCUT2D eigenvalue weighted by Gasteiger charge is 2.32. The minimum Gasteiger partial charge on any atom is -0.481 e. The fraction of sp³-hybridized carbons (Fsp3) is 0.294. The third-order valence-electron chi connectivity index (χ3n) is 4.04. The second kappa shape index (κ2) is 6.34. The van der Waals surface area contributed by atoms with Crippen LogP contribution in [0.1, 0.15) is 21.7 Å². The van der Waals surface area contributed by atoms with Crippen molar-refractivity contribution in [1.29, 1.82) is 0 Å². The third-order valence-corrected chi connectivity index (χ3v) is 5.55. The van der Waals surface area contributed by atoms with Crippen LogP contribution in [0.5, 0.6) is 0 Å². The van der Waals surface area contributed by atoms with Gasteiger partial charge in [0.05, 0.1) is 10.8 Å². The van der Waals surface area contributed by atoms with Crippen molar-refractivity contribution in [2.24, 2.45) is 5.92 Å². The standard InChI is InChI=1S/C17H16ClNO3S/c1-10-7-14(16(20)19-6-5-12(9-19)17(21)22)23-15(10)11-3-2-4-13(18)8-11/h2-4,7-8,12H,5-6,9H2,1H3,(H,21,22). The molecule has 1 aliphatic heterocycles. The molecule has 3 rings (SSSR count). The van der Waals surface area contributed by atoms with Crippen molar-refractivity contribution in [1.82, 2.24) is 4.90 Å². The molecule has 1 saturated heterocycles. The molecule has 6 heteroatoms. The Morgan fingerprint density at radius 3 is 2.78 bits per heavy atom. The molecule has 1 atom stereocenters. The molecular weight excluding hydrogens is 334 g/mol. The highest BCUT2D eigenvalue weighted by Crippen LogP contribution is 2.34. The van der Waals surface area contributed by atoms with E-state index < -0.39 is 11.9 Å². The second-order valence-electron chi connectivity index (χ2n) is 5.71. The number of carbonyl (C=O) groups excluding carboxylic acids is 1. The van der Waals surface area contributed by atoms with E-state index in [2.05, 4.69) is 0 Å². The van der Waals surface area contributed by atoms with Gasteiger partial charge in [0.15, 0.2) is 0 Å². The molecule has 4 nitrogen and oxygen atoms in total. The molecule has 2 heterocycles. The van der Waals surface area contributed by atoms with Crippen LogP contribution in [0.4, 0.5) is 0 Å². The molecule has 1 aliphatic rings. The Morgan fingerprint density at radius 2 is 2.13 bits per heavy atom. The average Bonchev–Trinajstić information content (AvgIpc) is 3.13. The highest BCUT2D eigenvalue weighted by molar-refractivity contribution is 7.17. The van der Waals surface area contributed by atoms with Gasteiger partial charge >= 0.3 is 5.97 Å². The molecule has 2 aromatic rings. The number of hydrogen-bond acceptors (Lipinski definition) is 3. The topological polar surface area (TPSA) is 57.6 Å². The Balaban J connectivity index is 1.83. The number of rotatable bonds is 3. The maximum atomic E-state index is 12.6. The number of nitrogens with zero attached hydrogens (tertiary/aromatic N) is 1. The van der Waals surface area contributed by atoms with Crippen molar-refractivity contribution in [2.75, 3.05) is 13.1 Å². The van der Waals surface area contributed by atoms with Crippen LogP contribution in [0, 0.1) is 12.8 Å². The highest BCUT2D eigenvalue weighted by atomic mass is 35.5. The van der Waals surface area contributed by atoms with E-state index in [0.29, 0.717) is 22.9 Å². The van der Waals surface area contributed by atoms with Crippen LogP contribution in [0.25, 0.3) is 10.4 Å². The maximum absolute atomic E-state index is 12.6. The number of benzene rings is 1. The Morgan fingerprint density at radius 1 is 1.35 bits per heavy atom. The molecule has 0 aliphatic carbocycles. The van der Waals surface area contributed by atoms with Gasteiger partial charge in [-0.15, -0.1) is 11.3 Å². The second-order valence-corrected chi connectivity index (χ2v) is 7.20. The van der Waals surface area contributed by atoms with Gasteiger partial charge in [-0.2, -0.15) is 0 Å². The van der Waals surface area contributed by atoms with Crippen molar-refractivity contribution in [3.63, 3.8) is 0 Å². The first-order valence-electron chi connectivity index (χ1n) is 7.34. The van der Waals surface area contributed by atoms with Crippen molar-refractivity contribution in [3.8, 4) is 10.4 Å². The number of thiophene rings is 1. The molecule has 1 aromatic carbocycles. The average molecular weight is 350 g/mol. The Labute approximate surface area is 143 Å². The van der Waals surface area contributed by atoms with Gasteiger partial charge < -0.3 is 10.0 Å². The van der Waals surface area contributed by atoms with Gasteiger partial charge in [0.1, 0.15) is 0 Å². The number of aliphatic carboxylic acids is 1. The van der Waals surface area contributed by atoms with Crippen LogP contribution in [0.3, 0.4) is 0 Å². The lowest BCUT2D eigenvalue weighted by Gasteiger charge is -2.14. The smallest absolute Gasteiger partial charge is 0.308 e. The molecule has 1 aromatic heterocycles. The third kappa shape index (κ3) is 3.26. The fourth-order valence-corrected chi connectivity index (χ4v) is 4.13. The van der Waals surface area contributed by atoms with Crippen molar-refractivity contribution in [2.45, 2.75) is 13.3 Å². The predicted octanol–water partition coefficient (Wildman–Crippen LogP) is 3.92. The van der Waals surface area contributed by atoms with Crippen molar-refractivity contribution < 1.29 is 14.7 Å². The van der Waals surface area contributed by atoms with E-state index in [1.807, 2.05) is 37.3 Å². The molecule has 1 amide bonds. The van der Waals surface area contributed by atoms with Crippen molar-refractivity contribution >= 4 is 34.8 Å². The summed E-state index contributed by atoms with van der Waals surface area (Å²) in [6.07, 6.45) is 0.520. The number of halogens is 1. The van der Waals surface area contributed by atoms with Crippen LogP contribution < -0.4 is 0 Å². The number of amides is 1. The van der Waals surface area contributed by atoms with E-state index in [9.17, 15) is 9.59 Å².